The molecule has 1 aromatic carbocycles. The summed E-state index contributed by atoms with van der Waals surface area (Å²) in [6.07, 6.45) is 1.26. The normalized spacial score (nSPS) is 11.0. The molecule has 1 heterocycles. The van der Waals surface area contributed by atoms with Gasteiger partial charge < -0.3 is 4.84 Å². The predicted octanol–water partition coefficient (Wildman–Crippen LogP) is 3.29. The maximum absolute atomic E-state index is 11.8. The Balaban J connectivity index is 2.02. The molecule has 0 saturated carbocycles. The van der Waals surface area contributed by atoms with Crippen molar-refractivity contribution in [2.45, 2.75) is 20.4 Å². The van der Waals surface area contributed by atoms with Crippen LogP contribution in [-0.4, -0.2) is 26.9 Å². The molecular weight excluding hydrogens is 359 g/mol. The van der Waals surface area contributed by atoms with E-state index in [0.29, 0.717) is 15.6 Å². The van der Waals surface area contributed by atoms with Gasteiger partial charge >= 0.3 is 11.7 Å². The second-order valence-corrected chi connectivity index (χ2v) is 5.64. The van der Waals surface area contributed by atoms with Crippen LogP contribution in [0.3, 0.4) is 0 Å². The van der Waals surface area contributed by atoms with Crippen LogP contribution in [0.1, 0.15) is 17.0 Å². The third-order valence-electron chi connectivity index (χ3n) is 3.11. The number of hydrogen-bond acceptors (Lipinski definition) is 6. The van der Waals surface area contributed by atoms with Gasteiger partial charge in [-0.2, -0.15) is 5.10 Å². The van der Waals surface area contributed by atoms with Gasteiger partial charge in [0.25, 0.3) is 0 Å². The van der Waals surface area contributed by atoms with E-state index in [1.165, 1.54) is 30.8 Å². The number of benzene rings is 1. The first-order valence-corrected chi connectivity index (χ1v) is 7.42. The highest BCUT2D eigenvalue weighted by Gasteiger charge is 2.23. The smallest absolute Gasteiger partial charge is 0.316 e. The molecule has 0 unspecified atom stereocenters. The fraction of sp³-hybridized carbons (Fsp3) is 0.214. The zero-order valence-corrected chi connectivity index (χ0v) is 14.2. The Kier molecular flexibility index (Phi) is 5.53. The highest BCUT2D eigenvalue weighted by Crippen LogP contribution is 2.22. The van der Waals surface area contributed by atoms with Gasteiger partial charge in [0.15, 0.2) is 0 Å². The van der Waals surface area contributed by atoms with Crippen LogP contribution in [0, 0.1) is 24.0 Å². The molecule has 10 heteroatoms. The molecule has 0 aliphatic heterocycles. The molecule has 0 fully saturated rings. The zero-order chi connectivity index (χ0) is 17.9. The molecule has 0 aliphatic rings. The molecule has 126 valence electrons. The molecule has 1 aromatic heterocycles. The Labute approximate surface area is 146 Å². The summed E-state index contributed by atoms with van der Waals surface area (Å²) in [6.45, 7) is 2.70. The Bertz CT molecular complexity index is 832. The van der Waals surface area contributed by atoms with Gasteiger partial charge in [-0.1, -0.05) is 34.4 Å². The standard InChI is InChI=1S/C14H12Cl2N4O4/c1-8-14(20(22)23)9(2)19(18-8)7-13(21)24-17-6-10-3-4-11(15)5-12(10)16/h3-6H,7H2,1-2H3/b17-6+. The quantitative estimate of drug-likeness (QED) is 0.348. The minimum Gasteiger partial charge on any atom is -0.316 e. The predicted molar refractivity (Wildman–Crippen MR) is 88.5 cm³/mol. The topological polar surface area (TPSA) is 99.6 Å². The van der Waals surface area contributed by atoms with Crippen LogP contribution < -0.4 is 0 Å². The summed E-state index contributed by atoms with van der Waals surface area (Å²) in [5.41, 5.74) is 0.885. The largest absolute Gasteiger partial charge is 0.356 e. The first kappa shape index (κ1) is 17.9. The first-order chi connectivity index (χ1) is 11.3. The average Bonchev–Trinajstić information content (AvgIpc) is 2.75. The van der Waals surface area contributed by atoms with Gasteiger partial charge in [0.2, 0.25) is 0 Å². The van der Waals surface area contributed by atoms with Gasteiger partial charge in [-0.05, 0) is 26.0 Å². The SMILES string of the molecule is Cc1nn(CC(=O)O/N=C/c2ccc(Cl)cc2Cl)c(C)c1[N+](=O)[O-]. The summed E-state index contributed by atoms with van der Waals surface area (Å²) in [5, 5.41) is 19.2. The lowest BCUT2D eigenvalue weighted by Crippen LogP contribution is -2.14. The number of carbonyl (C=O) groups excluding carboxylic acids is 1. The van der Waals surface area contributed by atoms with Gasteiger partial charge in [0.1, 0.15) is 17.9 Å². The molecule has 0 N–H and O–H groups in total. The Morgan fingerprint density at radius 3 is 2.75 bits per heavy atom. The van der Waals surface area contributed by atoms with Crippen molar-refractivity contribution in [3.63, 3.8) is 0 Å². The van der Waals surface area contributed by atoms with Crippen LogP contribution in [0.25, 0.3) is 0 Å². The summed E-state index contributed by atoms with van der Waals surface area (Å²) in [7, 11) is 0. The lowest BCUT2D eigenvalue weighted by molar-refractivity contribution is -0.386. The molecule has 0 atom stereocenters. The zero-order valence-electron chi connectivity index (χ0n) is 12.7. The minimum atomic E-state index is -0.725. The molecule has 2 rings (SSSR count). The number of halogens is 2. The van der Waals surface area contributed by atoms with Crippen molar-refractivity contribution in [1.29, 1.82) is 0 Å². The van der Waals surface area contributed by atoms with Crippen molar-refractivity contribution in [2.75, 3.05) is 0 Å². The van der Waals surface area contributed by atoms with Crippen LogP contribution in [0.5, 0.6) is 0 Å². The van der Waals surface area contributed by atoms with E-state index >= 15 is 0 Å². The van der Waals surface area contributed by atoms with E-state index in [9.17, 15) is 14.9 Å². The van der Waals surface area contributed by atoms with Gasteiger partial charge in [0, 0.05) is 10.6 Å². The molecule has 0 saturated heterocycles. The second kappa shape index (κ2) is 7.41. The van der Waals surface area contributed by atoms with Crippen LogP contribution in [0.4, 0.5) is 5.69 Å². The van der Waals surface area contributed by atoms with Gasteiger partial charge in [-0.15, -0.1) is 0 Å². The fourth-order valence-electron chi connectivity index (χ4n) is 2.00. The van der Waals surface area contributed by atoms with Crippen LogP contribution >= 0.6 is 23.2 Å². The van der Waals surface area contributed by atoms with E-state index < -0.39 is 10.9 Å². The van der Waals surface area contributed by atoms with E-state index in [1.807, 2.05) is 0 Å². The molecule has 0 radical (unpaired) electrons. The van der Waals surface area contributed by atoms with Crippen LogP contribution in [0.15, 0.2) is 23.4 Å². The first-order valence-electron chi connectivity index (χ1n) is 6.66. The van der Waals surface area contributed by atoms with E-state index in [0.717, 1.165) is 0 Å². The lowest BCUT2D eigenvalue weighted by atomic mass is 10.2. The monoisotopic (exact) mass is 370 g/mol. The second-order valence-electron chi connectivity index (χ2n) is 4.80. The molecular formula is C14H12Cl2N4O4. The number of nitro groups is 1. The van der Waals surface area contributed by atoms with Crippen molar-refractivity contribution in [3.05, 3.63) is 55.3 Å². The number of nitrogens with zero attached hydrogens (tertiary/aromatic N) is 4. The number of hydrogen-bond donors (Lipinski definition) is 0. The Hall–Kier alpha value is -2.45. The Morgan fingerprint density at radius 2 is 2.17 bits per heavy atom. The van der Waals surface area contributed by atoms with Crippen molar-refractivity contribution in [3.8, 4) is 0 Å². The molecule has 0 amide bonds. The molecule has 0 aliphatic carbocycles. The van der Waals surface area contributed by atoms with Gasteiger partial charge in [0.05, 0.1) is 16.2 Å². The van der Waals surface area contributed by atoms with Crippen molar-refractivity contribution in [2.24, 2.45) is 5.16 Å². The summed E-state index contributed by atoms with van der Waals surface area (Å²) in [4.78, 5) is 26.8. The van der Waals surface area contributed by atoms with E-state index in [-0.39, 0.29) is 23.6 Å². The number of aryl methyl sites for hydroxylation is 1. The highest BCUT2D eigenvalue weighted by molar-refractivity contribution is 6.36. The molecule has 8 nitrogen and oxygen atoms in total. The number of rotatable bonds is 5. The maximum Gasteiger partial charge on any atom is 0.356 e. The van der Waals surface area contributed by atoms with Crippen LogP contribution in [-0.2, 0) is 16.2 Å². The molecule has 0 spiro atoms. The molecule has 2 aromatic rings. The average molecular weight is 371 g/mol. The van der Waals surface area contributed by atoms with E-state index in [1.54, 1.807) is 12.1 Å². The van der Waals surface area contributed by atoms with Crippen molar-refractivity contribution in [1.82, 2.24) is 9.78 Å². The van der Waals surface area contributed by atoms with Crippen molar-refractivity contribution >= 4 is 41.1 Å². The van der Waals surface area contributed by atoms with Gasteiger partial charge in [-0.25, -0.2) is 4.79 Å². The van der Waals surface area contributed by atoms with Gasteiger partial charge in [-0.3, -0.25) is 14.8 Å². The summed E-state index contributed by atoms with van der Waals surface area (Å²) >= 11 is 11.7. The number of aromatic nitrogens is 2. The number of carbonyl (C=O) groups is 1. The summed E-state index contributed by atoms with van der Waals surface area (Å²) in [5.74, 6) is -0.725. The summed E-state index contributed by atoms with van der Waals surface area (Å²) < 4.78 is 1.20. The third-order valence-corrected chi connectivity index (χ3v) is 3.68. The van der Waals surface area contributed by atoms with Crippen LogP contribution in [0.2, 0.25) is 10.0 Å². The maximum atomic E-state index is 11.8. The summed E-state index contributed by atoms with van der Waals surface area (Å²) in [6, 6.07) is 4.76. The molecule has 0 bridgehead atoms. The Morgan fingerprint density at radius 1 is 1.46 bits per heavy atom. The van der Waals surface area contributed by atoms with Crippen molar-refractivity contribution < 1.29 is 14.6 Å². The fourth-order valence-corrected chi connectivity index (χ4v) is 2.46. The highest BCUT2D eigenvalue weighted by atomic mass is 35.5. The van der Waals surface area contributed by atoms with E-state index in [4.69, 9.17) is 28.0 Å². The van der Waals surface area contributed by atoms with E-state index in [2.05, 4.69) is 10.3 Å². The lowest BCUT2D eigenvalue weighted by Gasteiger charge is -2.01. The minimum absolute atomic E-state index is 0.126. The molecule has 24 heavy (non-hydrogen) atoms. The third kappa shape index (κ3) is 4.09. The number of oxime groups is 1.